The van der Waals surface area contributed by atoms with E-state index >= 15 is 0 Å². The molecule has 0 saturated heterocycles. The predicted molar refractivity (Wildman–Crippen MR) is 109 cm³/mol. The fourth-order valence-corrected chi connectivity index (χ4v) is 3.47. The molecule has 1 aliphatic rings. The Morgan fingerprint density at radius 2 is 1.90 bits per heavy atom. The third kappa shape index (κ3) is 5.31. The van der Waals surface area contributed by atoms with Gasteiger partial charge in [0.1, 0.15) is 11.4 Å². The van der Waals surface area contributed by atoms with Gasteiger partial charge in [0.2, 0.25) is 11.9 Å². The lowest BCUT2D eigenvalue weighted by Gasteiger charge is -2.24. The second-order valence-electron chi connectivity index (χ2n) is 7.65. The van der Waals surface area contributed by atoms with Gasteiger partial charge < -0.3 is 21.7 Å². The zero-order chi connectivity index (χ0) is 21.9. The van der Waals surface area contributed by atoms with E-state index in [9.17, 15) is 18.0 Å². The molecule has 30 heavy (non-hydrogen) atoms. The van der Waals surface area contributed by atoms with Crippen molar-refractivity contribution >= 4 is 29.0 Å². The summed E-state index contributed by atoms with van der Waals surface area (Å²) in [5.74, 6) is -0.916. The number of anilines is 4. The molecule has 1 fully saturated rings. The lowest BCUT2D eigenvalue weighted by molar-refractivity contribution is -0.137. The van der Waals surface area contributed by atoms with Gasteiger partial charge in [0.15, 0.2) is 0 Å². The third-order valence-corrected chi connectivity index (χ3v) is 4.87. The van der Waals surface area contributed by atoms with Gasteiger partial charge in [0.25, 0.3) is 0 Å². The van der Waals surface area contributed by atoms with Crippen molar-refractivity contribution in [1.82, 2.24) is 15.3 Å². The van der Waals surface area contributed by atoms with Crippen molar-refractivity contribution in [3.05, 3.63) is 36.0 Å². The van der Waals surface area contributed by atoms with Crippen LogP contribution in [0.2, 0.25) is 0 Å². The topological polar surface area (TPSA) is 105 Å². The summed E-state index contributed by atoms with van der Waals surface area (Å²) in [6.07, 6.45) is -1.95. The van der Waals surface area contributed by atoms with Crippen LogP contribution in [0, 0.1) is 5.92 Å². The molecule has 0 bridgehead atoms. The molecular weight excluding hydrogens is 397 g/mol. The Balaban J connectivity index is 1.85. The molecule has 3 rings (SSSR count). The molecule has 1 aromatic carbocycles. The van der Waals surface area contributed by atoms with Crippen LogP contribution in [-0.4, -0.2) is 28.0 Å². The van der Waals surface area contributed by atoms with Gasteiger partial charge >= 0.3 is 6.18 Å². The summed E-state index contributed by atoms with van der Waals surface area (Å²) in [6, 6.07) is 6.17. The number of nitrogens with two attached hydrogens (primary N) is 1. The van der Waals surface area contributed by atoms with Crippen LogP contribution in [0.4, 0.5) is 36.3 Å². The third-order valence-electron chi connectivity index (χ3n) is 4.87. The molecule has 2 aromatic rings. The fraction of sp³-hybridized carbons (Fsp3) is 0.450. The van der Waals surface area contributed by atoms with Gasteiger partial charge in [0.05, 0.1) is 5.92 Å². The highest BCUT2D eigenvalue weighted by Crippen LogP contribution is 2.36. The number of halogens is 3. The number of alkyl halides is 3. The quantitative estimate of drug-likeness (QED) is 0.526. The van der Waals surface area contributed by atoms with Crippen LogP contribution in [0.25, 0.3) is 0 Å². The first-order valence-electron chi connectivity index (χ1n) is 9.77. The number of amides is 1. The minimum absolute atomic E-state index is 0.0106. The molecule has 0 unspecified atom stereocenters. The van der Waals surface area contributed by atoms with E-state index in [0.29, 0.717) is 24.2 Å². The molecule has 0 radical (unpaired) electrons. The molecule has 1 aliphatic carbocycles. The Bertz CT molecular complexity index is 885. The molecule has 5 N–H and O–H groups in total. The van der Waals surface area contributed by atoms with Crippen molar-refractivity contribution < 1.29 is 18.0 Å². The maximum absolute atomic E-state index is 13.5. The summed E-state index contributed by atoms with van der Waals surface area (Å²) in [5, 5.41) is 8.57. The molecule has 162 valence electrons. The van der Waals surface area contributed by atoms with Gasteiger partial charge in [-0.3, -0.25) is 4.79 Å². The van der Waals surface area contributed by atoms with Crippen LogP contribution in [0.1, 0.15) is 38.7 Å². The number of nitrogen functional groups attached to an aromatic ring is 1. The average Bonchev–Trinajstić information content (AvgIpc) is 3.10. The minimum atomic E-state index is -4.63. The van der Waals surface area contributed by atoms with Crippen LogP contribution in [-0.2, 0) is 11.0 Å². The second kappa shape index (κ2) is 8.76. The molecule has 1 aromatic heterocycles. The van der Waals surface area contributed by atoms with E-state index in [1.165, 1.54) is 0 Å². The number of hydrogen-bond acceptors (Lipinski definition) is 6. The summed E-state index contributed by atoms with van der Waals surface area (Å²) < 4.78 is 40.6. The fourth-order valence-electron chi connectivity index (χ4n) is 3.47. The molecule has 2 atom stereocenters. The van der Waals surface area contributed by atoms with Crippen molar-refractivity contribution in [3.63, 3.8) is 0 Å². The molecule has 1 amide bonds. The number of rotatable bonds is 6. The highest BCUT2D eigenvalue weighted by molar-refractivity contribution is 5.80. The van der Waals surface area contributed by atoms with E-state index in [2.05, 4.69) is 25.9 Å². The van der Waals surface area contributed by atoms with Crippen molar-refractivity contribution in [3.8, 4) is 0 Å². The SMILES string of the molecule is CC(C)NC(=O)[C@H]1CCC[C@H]1Nc1nc(Nc2ccc(N)cc2)ncc1C(F)(F)F. The highest BCUT2D eigenvalue weighted by atomic mass is 19.4. The van der Waals surface area contributed by atoms with Gasteiger partial charge in [-0.25, -0.2) is 4.98 Å². The summed E-state index contributed by atoms with van der Waals surface area (Å²) in [7, 11) is 0. The molecule has 0 spiro atoms. The molecule has 1 saturated carbocycles. The number of aromatic nitrogens is 2. The summed E-state index contributed by atoms with van der Waals surface area (Å²) in [6.45, 7) is 3.69. The number of benzene rings is 1. The smallest absolute Gasteiger partial charge is 0.399 e. The zero-order valence-electron chi connectivity index (χ0n) is 16.8. The van der Waals surface area contributed by atoms with E-state index in [1.54, 1.807) is 24.3 Å². The first kappa shape index (κ1) is 21.7. The first-order valence-corrected chi connectivity index (χ1v) is 9.77. The monoisotopic (exact) mass is 422 g/mol. The number of nitrogens with zero attached hydrogens (tertiary/aromatic N) is 2. The molecule has 7 nitrogen and oxygen atoms in total. The summed E-state index contributed by atoms with van der Waals surface area (Å²) in [5.41, 5.74) is 5.82. The largest absolute Gasteiger partial charge is 0.421 e. The van der Waals surface area contributed by atoms with Gasteiger partial charge in [-0.1, -0.05) is 6.42 Å². The van der Waals surface area contributed by atoms with Crippen molar-refractivity contribution in [1.29, 1.82) is 0 Å². The number of carbonyl (C=O) groups is 1. The van der Waals surface area contributed by atoms with Crippen LogP contribution < -0.4 is 21.7 Å². The Kier molecular flexibility index (Phi) is 6.33. The number of carbonyl (C=O) groups excluding carboxylic acids is 1. The Hall–Kier alpha value is -3.04. The molecule has 0 aliphatic heterocycles. The lowest BCUT2D eigenvalue weighted by Crippen LogP contribution is -2.41. The van der Waals surface area contributed by atoms with Gasteiger partial charge in [-0.15, -0.1) is 0 Å². The van der Waals surface area contributed by atoms with Gasteiger partial charge in [-0.05, 0) is 51.0 Å². The Morgan fingerprint density at radius 1 is 1.20 bits per heavy atom. The van der Waals surface area contributed by atoms with Crippen LogP contribution in [0.5, 0.6) is 0 Å². The van der Waals surface area contributed by atoms with E-state index < -0.39 is 23.7 Å². The normalized spacial score (nSPS) is 19.0. The van der Waals surface area contributed by atoms with Crippen molar-refractivity contribution in [2.24, 2.45) is 5.92 Å². The maximum Gasteiger partial charge on any atom is 0.421 e. The van der Waals surface area contributed by atoms with Crippen molar-refractivity contribution in [2.45, 2.75) is 51.4 Å². The van der Waals surface area contributed by atoms with Crippen LogP contribution >= 0.6 is 0 Å². The number of hydrogen-bond donors (Lipinski definition) is 4. The summed E-state index contributed by atoms with van der Waals surface area (Å²) in [4.78, 5) is 20.3. The van der Waals surface area contributed by atoms with Crippen molar-refractivity contribution in [2.75, 3.05) is 16.4 Å². The minimum Gasteiger partial charge on any atom is -0.399 e. The van der Waals surface area contributed by atoms with Crippen LogP contribution in [0.15, 0.2) is 30.5 Å². The first-order chi connectivity index (χ1) is 14.1. The van der Waals surface area contributed by atoms with E-state index in [0.717, 1.165) is 12.6 Å². The van der Waals surface area contributed by atoms with E-state index in [-0.39, 0.29) is 23.7 Å². The van der Waals surface area contributed by atoms with E-state index in [4.69, 9.17) is 5.73 Å². The number of nitrogens with one attached hydrogen (secondary N) is 3. The molecule has 1 heterocycles. The standard InChI is InChI=1S/C20H25F3N6O/c1-11(2)26-18(30)14-4-3-5-16(14)28-17-15(20(21,22)23)10-25-19(29-17)27-13-8-6-12(24)7-9-13/h6-11,14,16H,3-5,24H2,1-2H3,(H,26,30)(H2,25,27,28,29)/t14-,16+/m0/s1. The highest BCUT2D eigenvalue weighted by Gasteiger charge is 2.38. The van der Waals surface area contributed by atoms with Gasteiger partial charge in [0, 0.05) is 29.7 Å². The average molecular weight is 422 g/mol. The predicted octanol–water partition coefficient (Wildman–Crippen LogP) is 3.93. The maximum atomic E-state index is 13.5. The Labute approximate surface area is 172 Å². The summed E-state index contributed by atoms with van der Waals surface area (Å²) >= 11 is 0. The van der Waals surface area contributed by atoms with Gasteiger partial charge in [-0.2, -0.15) is 18.2 Å². The molecular formula is C20H25F3N6O. The Morgan fingerprint density at radius 3 is 2.53 bits per heavy atom. The van der Waals surface area contributed by atoms with Crippen LogP contribution in [0.3, 0.4) is 0 Å². The van der Waals surface area contributed by atoms with E-state index in [1.807, 2.05) is 13.8 Å². The zero-order valence-corrected chi connectivity index (χ0v) is 16.8. The molecule has 10 heteroatoms. The second-order valence-corrected chi connectivity index (χ2v) is 7.65. The lowest BCUT2D eigenvalue weighted by atomic mass is 10.0.